The van der Waals surface area contributed by atoms with Gasteiger partial charge in [-0.2, -0.15) is 0 Å². The highest BCUT2D eigenvalue weighted by Crippen LogP contribution is 2.57. The molecular formula is C54H47IN6. The van der Waals surface area contributed by atoms with Gasteiger partial charge in [-0.3, -0.25) is 0 Å². The van der Waals surface area contributed by atoms with Gasteiger partial charge in [0.1, 0.15) is 0 Å². The number of hydrogen-bond donors (Lipinski definition) is 0. The average molecular weight is 907 g/mol. The normalized spacial score (nSPS) is 21.3. The fourth-order valence-electron chi connectivity index (χ4n) is 9.77. The van der Waals surface area contributed by atoms with Crippen LogP contribution in [0.4, 0.5) is 0 Å². The Balaban J connectivity index is 1.06. The van der Waals surface area contributed by atoms with E-state index in [0.717, 1.165) is 40.7 Å². The molecule has 2 heterocycles. The molecular weight excluding hydrogens is 860 g/mol. The van der Waals surface area contributed by atoms with E-state index in [-0.39, 0.29) is 14.8 Å². The van der Waals surface area contributed by atoms with E-state index in [2.05, 4.69) is 102 Å². The number of halogens is 1. The summed E-state index contributed by atoms with van der Waals surface area (Å²) < 4.78 is -0.207. The lowest BCUT2D eigenvalue weighted by Gasteiger charge is -2.37. The molecule has 1 saturated carbocycles. The second-order valence-electron chi connectivity index (χ2n) is 16.6. The van der Waals surface area contributed by atoms with Crippen LogP contribution in [0, 0.1) is 5.92 Å². The Kier molecular flexibility index (Phi) is 10.6. The summed E-state index contributed by atoms with van der Waals surface area (Å²) in [5, 5.41) is 0. The summed E-state index contributed by atoms with van der Waals surface area (Å²) in [6.07, 6.45) is 35.9. The van der Waals surface area contributed by atoms with E-state index in [1.165, 1.54) is 49.7 Å². The molecule has 61 heavy (non-hydrogen) atoms. The molecule has 2 aromatic heterocycles. The highest BCUT2D eigenvalue weighted by atomic mass is 127. The lowest BCUT2D eigenvalue weighted by atomic mass is 9.66. The smallest absolute Gasteiger partial charge is 0.164 e. The first-order valence-corrected chi connectivity index (χ1v) is 22.7. The predicted molar refractivity (Wildman–Crippen MR) is 258 cm³/mol. The number of alkyl halides is 1. The third-order valence-corrected chi connectivity index (χ3v) is 14.3. The molecule has 6 nitrogen and oxygen atoms in total. The van der Waals surface area contributed by atoms with E-state index in [1.807, 2.05) is 85.8 Å². The highest BCUT2D eigenvalue weighted by Gasteiger charge is 2.45. The minimum atomic E-state index is -0.207. The summed E-state index contributed by atoms with van der Waals surface area (Å²) >= 11 is 2.55. The molecule has 1 fully saturated rings. The van der Waals surface area contributed by atoms with Gasteiger partial charge < -0.3 is 0 Å². The summed E-state index contributed by atoms with van der Waals surface area (Å²) in [6.45, 7) is 6.56. The van der Waals surface area contributed by atoms with Crippen LogP contribution < -0.4 is 0 Å². The first-order chi connectivity index (χ1) is 29.9. The Labute approximate surface area is 372 Å². The van der Waals surface area contributed by atoms with E-state index in [9.17, 15) is 0 Å². The zero-order valence-electron chi connectivity index (χ0n) is 34.4. The van der Waals surface area contributed by atoms with Gasteiger partial charge in [-0.1, -0.05) is 194 Å². The number of rotatable bonds is 8. The van der Waals surface area contributed by atoms with Crippen LogP contribution in [0.1, 0.15) is 86.9 Å². The van der Waals surface area contributed by atoms with Crippen molar-refractivity contribution in [3.05, 3.63) is 193 Å². The fourth-order valence-corrected chi connectivity index (χ4v) is 10.7. The first kappa shape index (κ1) is 39.2. The Morgan fingerprint density at radius 2 is 1.38 bits per heavy atom. The molecule has 2 unspecified atom stereocenters. The van der Waals surface area contributed by atoms with Crippen LogP contribution in [0.25, 0.3) is 56.5 Å². The lowest BCUT2D eigenvalue weighted by molar-refractivity contribution is 0.350. The molecule has 2 atom stereocenters. The average Bonchev–Trinajstić information content (AvgIpc) is 3.43. The summed E-state index contributed by atoms with van der Waals surface area (Å²) in [5.74, 6) is 3.73. The SMILES string of the molecule is C=C(/C=C\C(=C/C)c1nc(-c2ccccc2)nc(-c2ccccc2)n1)c1nc(C2=CC=CC3(I)C=CC=CC23)nc(-c2ccc3c(c2)C2(CCCCC2)C2=C3CCCC=C2)n1. The van der Waals surface area contributed by atoms with E-state index >= 15 is 0 Å². The van der Waals surface area contributed by atoms with Crippen LogP contribution in [0.3, 0.4) is 0 Å². The summed E-state index contributed by atoms with van der Waals surface area (Å²) in [7, 11) is 0. The van der Waals surface area contributed by atoms with Crippen molar-refractivity contribution in [2.24, 2.45) is 5.92 Å². The van der Waals surface area contributed by atoms with Crippen LogP contribution in [0.15, 0.2) is 164 Å². The monoisotopic (exact) mass is 906 g/mol. The van der Waals surface area contributed by atoms with Crippen LogP contribution in [-0.2, 0) is 5.41 Å². The number of aromatic nitrogens is 6. The maximum Gasteiger partial charge on any atom is 0.164 e. The maximum absolute atomic E-state index is 5.32. The highest BCUT2D eigenvalue weighted by molar-refractivity contribution is 14.1. The molecule has 0 amide bonds. The van der Waals surface area contributed by atoms with E-state index in [0.29, 0.717) is 40.5 Å². The molecule has 5 aromatic rings. The van der Waals surface area contributed by atoms with Crippen molar-refractivity contribution in [3.8, 4) is 34.2 Å². The number of allylic oxidation sites excluding steroid dienone is 17. The van der Waals surface area contributed by atoms with Crippen LogP contribution in [-0.4, -0.2) is 33.3 Å². The van der Waals surface area contributed by atoms with E-state index in [4.69, 9.17) is 29.9 Å². The number of fused-ring (bicyclic) bond motifs is 5. The quantitative estimate of drug-likeness (QED) is 0.0877. The molecule has 0 aliphatic heterocycles. The third-order valence-electron chi connectivity index (χ3n) is 12.9. The minimum absolute atomic E-state index is 0.0557. The van der Waals surface area contributed by atoms with Gasteiger partial charge in [0.05, 0.1) is 3.42 Å². The molecule has 5 aliphatic carbocycles. The zero-order chi connectivity index (χ0) is 41.4. The minimum Gasteiger partial charge on any atom is -0.209 e. The van der Waals surface area contributed by atoms with Crippen LogP contribution in [0.5, 0.6) is 0 Å². The standard InChI is InChI=1S/C54H47IN6/c1-3-37(48-58-49(38-19-8-4-9-20-38)60-50(59-48)39-21-10-5-11-22-39)28-27-36(2)47-56-51(61-52(57-47)43-24-18-34-54(55)33-17-14-26-45(43)54)40-29-30-42-41-23-12-6-13-25-44(41)53(46(42)35-40)31-15-7-16-32-53/h3-5,8-11,13-14,17-22,24-30,33-35,45H,2,6-7,12,15-16,23,31-32H2,1H3/b28-27-,37-3+. The first-order valence-electron chi connectivity index (χ1n) is 21.6. The summed E-state index contributed by atoms with van der Waals surface area (Å²) in [4.78, 5) is 30.6. The Bertz CT molecular complexity index is 2740. The van der Waals surface area contributed by atoms with Crippen molar-refractivity contribution in [1.82, 2.24) is 29.9 Å². The van der Waals surface area contributed by atoms with Gasteiger partial charge in [-0.15, -0.1) is 0 Å². The van der Waals surface area contributed by atoms with E-state index in [1.54, 1.807) is 11.1 Å². The van der Waals surface area contributed by atoms with Gasteiger partial charge in [0.25, 0.3) is 0 Å². The van der Waals surface area contributed by atoms with Gasteiger partial charge in [-0.05, 0) is 67.4 Å². The number of benzene rings is 3. The van der Waals surface area contributed by atoms with E-state index < -0.39 is 0 Å². The Hall–Kier alpha value is -5.93. The van der Waals surface area contributed by atoms with Gasteiger partial charge in [0.2, 0.25) is 0 Å². The maximum atomic E-state index is 5.32. The van der Waals surface area contributed by atoms with Crippen molar-refractivity contribution in [1.29, 1.82) is 0 Å². The molecule has 3 aromatic carbocycles. The predicted octanol–water partition coefficient (Wildman–Crippen LogP) is 13.3. The fraction of sp³-hybridized carbons (Fsp3) is 0.222. The second kappa shape index (κ2) is 16.5. The molecule has 0 saturated heterocycles. The molecule has 1 spiro atoms. The molecule has 7 heteroatoms. The van der Waals surface area contributed by atoms with Crippen LogP contribution >= 0.6 is 22.6 Å². The van der Waals surface area contributed by atoms with Crippen molar-refractivity contribution in [2.45, 2.75) is 67.1 Å². The largest absolute Gasteiger partial charge is 0.209 e. The molecule has 300 valence electrons. The topological polar surface area (TPSA) is 77.3 Å². The van der Waals surface area contributed by atoms with Crippen LogP contribution in [0.2, 0.25) is 0 Å². The molecule has 0 radical (unpaired) electrons. The van der Waals surface area contributed by atoms with Crippen molar-refractivity contribution >= 4 is 44.9 Å². The lowest BCUT2D eigenvalue weighted by Crippen LogP contribution is -2.30. The Morgan fingerprint density at radius 1 is 0.705 bits per heavy atom. The molecule has 5 aliphatic rings. The molecule has 0 N–H and O–H groups in total. The van der Waals surface area contributed by atoms with Crippen molar-refractivity contribution < 1.29 is 0 Å². The number of nitrogens with zero attached hydrogens (tertiary/aromatic N) is 6. The molecule has 0 bridgehead atoms. The van der Waals surface area contributed by atoms with Gasteiger partial charge in [-0.25, -0.2) is 29.9 Å². The zero-order valence-corrected chi connectivity index (χ0v) is 36.6. The van der Waals surface area contributed by atoms with Gasteiger partial charge >= 0.3 is 0 Å². The third kappa shape index (κ3) is 7.37. The second-order valence-corrected chi connectivity index (χ2v) is 18.4. The Morgan fingerprint density at radius 3 is 2.11 bits per heavy atom. The van der Waals surface area contributed by atoms with Crippen molar-refractivity contribution in [2.75, 3.05) is 0 Å². The number of hydrogen-bond acceptors (Lipinski definition) is 6. The summed E-state index contributed by atoms with van der Waals surface area (Å²) in [5.41, 5.74) is 11.5. The summed E-state index contributed by atoms with van der Waals surface area (Å²) in [6, 6.07) is 27.1. The van der Waals surface area contributed by atoms with Crippen molar-refractivity contribution in [3.63, 3.8) is 0 Å². The van der Waals surface area contributed by atoms with Gasteiger partial charge in [0, 0.05) is 44.7 Å². The van der Waals surface area contributed by atoms with Gasteiger partial charge in [0.15, 0.2) is 34.9 Å². The molecule has 10 rings (SSSR count).